The van der Waals surface area contributed by atoms with Crippen LogP contribution >= 0.6 is 34.2 Å². The average molecular weight is 365 g/mol. The number of hydrogen-bond acceptors (Lipinski definition) is 5. The van der Waals surface area contributed by atoms with Gasteiger partial charge in [0, 0.05) is 8.59 Å². The number of anilines is 2. The van der Waals surface area contributed by atoms with Crippen LogP contribution < -0.4 is 11.1 Å². The zero-order valence-corrected chi connectivity index (χ0v) is 11.2. The molecule has 0 saturated carbocycles. The number of benzene rings is 1. The Balaban J connectivity index is 2.22. The first kappa shape index (κ1) is 12.1. The van der Waals surface area contributed by atoms with Crippen molar-refractivity contribution in [3.05, 3.63) is 32.5 Å². The molecule has 88 valence electrons. The van der Waals surface area contributed by atoms with E-state index in [9.17, 15) is 4.79 Å². The maximum absolute atomic E-state index is 11.7. The second-order valence-electron chi connectivity index (χ2n) is 3.08. The number of nitrogens with two attached hydrogens (primary N) is 1. The van der Waals surface area contributed by atoms with Crippen molar-refractivity contribution in [2.24, 2.45) is 0 Å². The number of nitrogens with zero attached hydrogens (tertiary/aromatic N) is 2. The lowest BCUT2D eigenvalue weighted by Crippen LogP contribution is -2.15. The molecule has 1 amide bonds. The minimum absolute atomic E-state index is 0.0456. The Morgan fingerprint density at radius 1 is 1.47 bits per heavy atom. The van der Waals surface area contributed by atoms with Crippen LogP contribution in [0, 0.1) is 3.57 Å². The summed E-state index contributed by atoms with van der Waals surface area (Å²) in [5.41, 5.74) is 5.97. The standard InChI is InChI=1S/C9H6ClIN4O2/c10-4-1-2-6(5(11)3-4)13-9(16)7-8(12)15-17-14-7/h1-3H,(H2,12,15)(H,13,16). The molecule has 0 aliphatic rings. The molecule has 0 aliphatic heterocycles. The molecule has 0 fully saturated rings. The first-order chi connectivity index (χ1) is 8.08. The highest BCUT2D eigenvalue weighted by molar-refractivity contribution is 14.1. The van der Waals surface area contributed by atoms with Crippen LogP contribution in [0.1, 0.15) is 10.5 Å². The number of amides is 1. The highest BCUT2D eigenvalue weighted by Crippen LogP contribution is 2.23. The van der Waals surface area contributed by atoms with Gasteiger partial charge in [0.1, 0.15) is 0 Å². The number of aromatic nitrogens is 2. The summed E-state index contributed by atoms with van der Waals surface area (Å²) in [4.78, 5) is 11.7. The molecule has 3 N–H and O–H groups in total. The fourth-order valence-electron chi connectivity index (χ4n) is 1.13. The van der Waals surface area contributed by atoms with E-state index in [0.29, 0.717) is 10.7 Å². The van der Waals surface area contributed by atoms with E-state index >= 15 is 0 Å². The summed E-state index contributed by atoms with van der Waals surface area (Å²) < 4.78 is 5.15. The molecule has 2 rings (SSSR count). The molecule has 1 aromatic heterocycles. The molecule has 0 unspecified atom stereocenters. The molecule has 2 aromatic rings. The molecule has 17 heavy (non-hydrogen) atoms. The molecule has 0 atom stereocenters. The van der Waals surface area contributed by atoms with E-state index in [-0.39, 0.29) is 11.5 Å². The zero-order chi connectivity index (χ0) is 12.4. The fourth-order valence-corrected chi connectivity index (χ4v) is 2.13. The van der Waals surface area contributed by atoms with Crippen LogP contribution in [-0.4, -0.2) is 16.2 Å². The van der Waals surface area contributed by atoms with Crippen LogP contribution in [0.5, 0.6) is 0 Å². The largest absolute Gasteiger partial charge is 0.379 e. The van der Waals surface area contributed by atoms with Crippen LogP contribution in [0.15, 0.2) is 22.8 Å². The summed E-state index contributed by atoms with van der Waals surface area (Å²) in [6, 6.07) is 5.08. The summed E-state index contributed by atoms with van der Waals surface area (Å²) in [6.45, 7) is 0. The quantitative estimate of drug-likeness (QED) is 0.797. The number of carbonyl (C=O) groups is 1. The van der Waals surface area contributed by atoms with Gasteiger partial charge in [-0.3, -0.25) is 4.79 Å². The molecule has 0 aliphatic carbocycles. The molecule has 0 saturated heterocycles. The normalized spacial score (nSPS) is 10.2. The van der Waals surface area contributed by atoms with Crippen molar-refractivity contribution in [2.75, 3.05) is 11.1 Å². The summed E-state index contributed by atoms with van der Waals surface area (Å²) >= 11 is 7.86. The highest BCUT2D eigenvalue weighted by atomic mass is 127. The monoisotopic (exact) mass is 364 g/mol. The highest BCUT2D eigenvalue weighted by Gasteiger charge is 2.16. The topological polar surface area (TPSA) is 94.0 Å². The van der Waals surface area contributed by atoms with Gasteiger partial charge in [0.05, 0.1) is 5.69 Å². The van der Waals surface area contributed by atoms with E-state index < -0.39 is 5.91 Å². The maximum Gasteiger partial charge on any atom is 0.281 e. The minimum Gasteiger partial charge on any atom is -0.379 e. The predicted octanol–water partition coefficient (Wildman–Crippen LogP) is 2.16. The number of nitrogen functional groups attached to an aromatic ring is 1. The van der Waals surface area contributed by atoms with Crippen LogP contribution in [-0.2, 0) is 0 Å². The number of carbonyl (C=O) groups excluding carboxylic acids is 1. The summed E-state index contributed by atoms with van der Waals surface area (Å²) in [7, 11) is 0. The van der Waals surface area contributed by atoms with E-state index in [4.69, 9.17) is 17.3 Å². The van der Waals surface area contributed by atoms with E-state index in [0.717, 1.165) is 3.57 Å². The summed E-state index contributed by atoms with van der Waals surface area (Å²) in [6.07, 6.45) is 0. The maximum atomic E-state index is 11.7. The molecule has 0 radical (unpaired) electrons. The molecule has 8 heteroatoms. The lowest BCUT2D eigenvalue weighted by atomic mass is 10.3. The molecule has 1 aromatic carbocycles. The average Bonchev–Trinajstić information content (AvgIpc) is 2.68. The van der Waals surface area contributed by atoms with Gasteiger partial charge in [-0.1, -0.05) is 11.6 Å². The van der Waals surface area contributed by atoms with Crippen molar-refractivity contribution in [3.63, 3.8) is 0 Å². The van der Waals surface area contributed by atoms with Crippen molar-refractivity contribution < 1.29 is 9.42 Å². The van der Waals surface area contributed by atoms with Crippen molar-refractivity contribution in [1.29, 1.82) is 0 Å². The van der Waals surface area contributed by atoms with Gasteiger partial charge < -0.3 is 11.1 Å². The van der Waals surface area contributed by atoms with Crippen LogP contribution in [0.25, 0.3) is 0 Å². The Morgan fingerprint density at radius 2 is 2.24 bits per heavy atom. The first-order valence-corrected chi connectivity index (χ1v) is 5.88. The van der Waals surface area contributed by atoms with Crippen molar-refractivity contribution in [2.45, 2.75) is 0 Å². The number of nitrogens with one attached hydrogen (secondary N) is 1. The second-order valence-corrected chi connectivity index (χ2v) is 4.67. The Morgan fingerprint density at radius 3 is 2.82 bits per heavy atom. The smallest absolute Gasteiger partial charge is 0.281 e. The van der Waals surface area contributed by atoms with Crippen LogP contribution in [0.4, 0.5) is 11.5 Å². The predicted molar refractivity (Wildman–Crippen MR) is 70.8 cm³/mol. The third-order valence-corrected chi connectivity index (χ3v) is 3.04. The third kappa shape index (κ3) is 2.67. The third-order valence-electron chi connectivity index (χ3n) is 1.91. The number of rotatable bonds is 2. The van der Waals surface area contributed by atoms with E-state index in [1.165, 1.54) is 0 Å². The number of halogens is 2. The Kier molecular flexibility index (Phi) is 3.48. The molecular weight excluding hydrogens is 358 g/mol. The van der Waals surface area contributed by atoms with Crippen LogP contribution in [0.3, 0.4) is 0 Å². The second kappa shape index (κ2) is 4.88. The Hall–Kier alpha value is -1.35. The lowest BCUT2D eigenvalue weighted by molar-refractivity contribution is 0.101. The van der Waals surface area contributed by atoms with Crippen molar-refractivity contribution in [1.82, 2.24) is 10.3 Å². The first-order valence-electron chi connectivity index (χ1n) is 4.42. The summed E-state index contributed by atoms with van der Waals surface area (Å²) in [5, 5.41) is 9.96. The zero-order valence-electron chi connectivity index (χ0n) is 8.28. The Labute approximate surface area is 115 Å². The van der Waals surface area contributed by atoms with Crippen molar-refractivity contribution >= 4 is 51.6 Å². The van der Waals surface area contributed by atoms with Crippen molar-refractivity contribution in [3.8, 4) is 0 Å². The number of hydrogen-bond donors (Lipinski definition) is 2. The molecule has 6 nitrogen and oxygen atoms in total. The van der Waals surface area contributed by atoms with E-state index in [1.807, 2.05) is 0 Å². The van der Waals surface area contributed by atoms with Gasteiger partial charge in [-0.2, -0.15) is 0 Å². The van der Waals surface area contributed by atoms with Crippen LogP contribution in [0.2, 0.25) is 5.02 Å². The lowest BCUT2D eigenvalue weighted by Gasteiger charge is -2.05. The molecule has 0 bridgehead atoms. The molecule has 0 spiro atoms. The van der Waals surface area contributed by atoms with Gasteiger partial charge in [0.2, 0.25) is 11.5 Å². The minimum atomic E-state index is -0.482. The SMILES string of the molecule is Nc1nonc1C(=O)Nc1ccc(Cl)cc1I. The molecule has 1 heterocycles. The Bertz CT molecular complexity index is 572. The van der Waals surface area contributed by atoms with Gasteiger partial charge in [0.15, 0.2) is 0 Å². The van der Waals surface area contributed by atoms with E-state index in [1.54, 1.807) is 18.2 Å². The molecular formula is C9H6ClIN4O2. The van der Waals surface area contributed by atoms with Gasteiger partial charge in [-0.25, -0.2) is 4.63 Å². The van der Waals surface area contributed by atoms with Gasteiger partial charge in [-0.05, 0) is 51.1 Å². The van der Waals surface area contributed by atoms with Gasteiger partial charge >= 0.3 is 0 Å². The summed E-state index contributed by atoms with van der Waals surface area (Å²) in [5.74, 6) is -0.532. The van der Waals surface area contributed by atoms with Gasteiger partial charge in [-0.15, -0.1) is 0 Å². The van der Waals surface area contributed by atoms with E-state index in [2.05, 4.69) is 42.9 Å². The fraction of sp³-hybridized carbons (Fsp3) is 0. The van der Waals surface area contributed by atoms with Gasteiger partial charge in [0.25, 0.3) is 5.91 Å².